The van der Waals surface area contributed by atoms with Crippen LogP contribution in [0.15, 0.2) is 47.0 Å². The van der Waals surface area contributed by atoms with E-state index in [0.29, 0.717) is 17.2 Å². The topological polar surface area (TPSA) is 68.1 Å². The molecule has 0 N–H and O–H groups in total. The Bertz CT molecular complexity index is 798. The molecule has 2 aromatic rings. The van der Waals surface area contributed by atoms with Crippen LogP contribution in [-0.2, 0) is 22.3 Å². The molecule has 1 heterocycles. The standard InChI is InChI=1S/C15H20N4O2S2/c1-5-9-19-12(2)16-17-15(19)22-11-13-7-6-8-14(10-13)23(20,21)18(3)4/h5-8,10H,1,9,11H2,2-4H3. The summed E-state index contributed by atoms with van der Waals surface area (Å²) in [5.74, 6) is 1.45. The first-order valence-electron chi connectivity index (χ1n) is 7.01. The highest BCUT2D eigenvalue weighted by molar-refractivity contribution is 7.98. The highest BCUT2D eigenvalue weighted by atomic mass is 32.2. The lowest BCUT2D eigenvalue weighted by atomic mass is 10.2. The van der Waals surface area contributed by atoms with E-state index in [4.69, 9.17) is 0 Å². The van der Waals surface area contributed by atoms with Gasteiger partial charge in [-0.05, 0) is 24.6 Å². The fraction of sp³-hybridized carbons (Fsp3) is 0.333. The molecule has 0 fully saturated rings. The summed E-state index contributed by atoms with van der Waals surface area (Å²) in [5.41, 5.74) is 0.920. The monoisotopic (exact) mass is 352 g/mol. The van der Waals surface area contributed by atoms with Gasteiger partial charge in [0.2, 0.25) is 10.0 Å². The number of hydrogen-bond acceptors (Lipinski definition) is 5. The van der Waals surface area contributed by atoms with Crippen LogP contribution in [0.5, 0.6) is 0 Å². The summed E-state index contributed by atoms with van der Waals surface area (Å²) in [6.07, 6.45) is 1.80. The fourth-order valence-electron chi connectivity index (χ4n) is 1.96. The summed E-state index contributed by atoms with van der Waals surface area (Å²) < 4.78 is 27.5. The molecule has 0 bridgehead atoms. The van der Waals surface area contributed by atoms with E-state index in [1.807, 2.05) is 17.6 Å². The predicted octanol–water partition coefficient (Wildman–Crippen LogP) is 2.32. The predicted molar refractivity (Wildman–Crippen MR) is 91.8 cm³/mol. The van der Waals surface area contributed by atoms with Crippen molar-refractivity contribution in [1.29, 1.82) is 0 Å². The van der Waals surface area contributed by atoms with Crippen molar-refractivity contribution in [3.63, 3.8) is 0 Å². The van der Waals surface area contributed by atoms with Crippen molar-refractivity contribution in [2.24, 2.45) is 0 Å². The number of hydrogen-bond donors (Lipinski definition) is 0. The maximum atomic E-state index is 12.2. The normalized spacial score (nSPS) is 11.8. The number of rotatable bonds is 7. The third-order valence-electron chi connectivity index (χ3n) is 3.26. The van der Waals surface area contributed by atoms with E-state index >= 15 is 0 Å². The number of allylic oxidation sites excluding steroid dienone is 1. The maximum Gasteiger partial charge on any atom is 0.242 e. The summed E-state index contributed by atoms with van der Waals surface area (Å²) in [4.78, 5) is 0.296. The second-order valence-electron chi connectivity index (χ2n) is 5.15. The number of benzene rings is 1. The largest absolute Gasteiger partial charge is 0.302 e. The van der Waals surface area contributed by atoms with Crippen LogP contribution in [0, 0.1) is 6.92 Å². The molecular formula is C15H20N4O2S2. The summed E-state index contributed by atoms with van der Waals surface area (Å²) >= 11 is 1.52. The van der Waals surface area contributed by atoms with Gasteiger partial charge >= 0.3 is 0 Å². The lowest BCUT2D eigenvalue weighted by Crippen LogP contribution is -2.22. The van der Waals surface area contributed by atoms with Gasteiger partial charge in [0.05, 0.1) is 4.90 Å². The van der Waals surface area contributed by atoms with Gasteiger partial charge < -0.3 is 4.57 Å². The molecule has 0 aliphatic carbocycles. The Morgan fingerprint density at radius 1 is 1.35 bits per heavy atom. The zero-order valence-corrected chi connectivity index (χ0v) is 15.1. The molecular weight excluding hydrogens is 332 g/mol. The lowest BCUT2D eigenvalue weighted by molar-refractivity contribution is 0.520. The van der Waals surface area contributed by atoms with Crippen LogP contribution in [-0.4, -0.2) is 41.6 Å². The fourth-order valence-corrected chi connectivity index (χ4v) is 3.87. The third kappa shape index (κ3) is 4.01. The molecule has 8 heteroatoms. The molecule has 124 valence electrons. The number of aryl methyl sites for hydroxylation is 1. The lowest BCUT2D eigenvalue weighted by Gasteiger charge is -2.12. The molecule has 6 nitrogen and oxygen atoms in total. The van der Waals surface area contributed by atoms with Crippen LogP contribution in [0.1, 0.15) is 11.4 Å². The SMILES string of the molecule is C=CCn1c(C)nnc1SCc1cccc(S(=O)(=O)N(C)C)c1. The van der Waals surface area contributed by atoms with Crippen molar-refractivity contribution in [3.05, 3.63) is 48.3 Å². The van der Waals surface area contributed by atoms with Gasteiger partial charge in [-0.25, -0.2) is 12.7 Å². The average molecular weight is 352 g/mol. The molecule has 1 aromatic heterocycles. The summed E-state index contributed by atoms with van der Waals surface area (Å²) in [5, 5.41) is 9.01. The summed E-state index contributed by atoms with van der Waals surface area (Å²) in [7, 11) is -0.367. The average Bonchev–Trinajstić information content (AvgIpc) is 2.86. The Morgan fingerprint density at radius 2 is 2.09 bits per heavy atom. The van der Waals surface area contributed by atoms with Gasteiger partial charge in [-0.15, -0.1) is 16.8 Å². The zero-order chi connectivity index (χ0) is 17.0. The van der Waals surface area contributed by atoms with Crippen LogP contribution < -0.4 is 0 Å². The number of sulfonamides is 1. The minimum Gasteiger partial charge on any atom is -0.302 e. The Kier molecular flexibility index (Phi) is 5.61. The van der Waals surface area contributed by atoms with Crippen LogP contribution >= 0.6 is 11.8 Å². The molecule has 0 saturated heterocycles. The van der Waals surface area contributed by atoms with Gasteiger partial charge in [0, 0.05) is 26.4 Å². The van der Waals surface area contributed by atoms with Crippen molar-refractivity contribution in [3.8, 4) is 0 Å². The summed E-state index contributed by atoms with van der Waals surface area (Å²) in [6.45, 7) is 6.28. The van der Waals surface area contributed by atoms with Crippen molar-refractivity contribution in [2.75, 3.05) is 14.1 Å². The Balaban J connectivity index is 2.18. The van der Waals surface area contributed by atoms with Crippen LogP contribution in [0.4, 0.5) is 0 Å². The van der Waals surface area contributed by atoms with E-state index in [2.05, 4.69) is 16.8 Å². The summed E-state index contributed by atoms with van der Waals surface area (Å²) in [6, 6.07) is 6.96. The minimum absolute atomic E-state index is 0.296. The Morgan fingerprint density at radius 3 is 2.74 bits per heavy atom. The first-order valence-corrected chi connectivity index (χ1v) is 9.43. The van der Waals surface area contributed by atoms with Crippen molar-refractivity contribution < 1.29 is 8.42 Å². The second kappa shape index (κ2) is 7.29. The molecule has 1 aromatic carbocycles. The highest BCUT2D eigenvalue weighted by Crippen LogP contribution is 2.24. The van der Waals surface area contributed by atoms with Crippen molar-refractivity contribution >= 4 is 21.8 Å². The maximum absolute atomic E-state index is 12.2. The van der Waals surface area contributed by atoms with Crippen LogP contribution in [0.3, 0.4) is 0 Å². The third-order valence-corrected chi connectivity index (χ3v) is 6.11. The highest BCUT2D eigenvalue weighted by Gasteiger charge is 2.17. The van der Waals surface area contributed by atoms with Gasteiger partial charge in [0.25, 0.3) is 0 Å². The number of aromatic nitrogens is 3. The van der Waals surface area contributed by atoms with Crippen LogP contribution in [0.2, 0.25) is 0 Å². The smallest absolute Gasteiger partial charge is 0.242 e. The quantitative estimate of drug-likeness (QED) is 0.565. The van der Waals surface area contributed by atoms with Crippen LogP contribution in [0.25, 0.3) is 0 Å². The minimum atomic E-state index is -3.42. The number of nitrogens with zero attached hydrogens (tertiary/aromatic N) is 4. The van der Waals surface area contributed by atoms with Crippen molar-refractivity contribution in [2.45, 2.75) is 29.3 Å². The molecule has 0 unspecified atom stereocenters. The molecule has 0 spiro atoms. The van der Waals surface area contributed by atoms with E-state index in [-0.39, 0.29) is 0 Å². The van der Waals surface area contributed by atoms with E-state index in [1.165, 1.54) is 30.2 Å². The van der Waals surface area contributed by atoms with Gasteiger partial charge in [0.15, 0.2) is 5.16 Å². The van der Waals surface area contributed by atoms with E-state index < -0.39 is 10.0 Å². The Hall–Kier alpha value is -1.64. The second-order valence-corrected chi connectivity index (χ2v) is 8.25. The molecule has 0 aliphatic heterocycles. The number of thioether (sulfide) groups is 1. The van der Waals surface area contributed by atoms with Gasteiger partial charge in [-0.2, -0.15) is 0 Å². The van der Waals surface area contributed by atoms with E-state index in [1.54, 1.807) is 24.3 Å². The Labute approximate surface area is 141 Å². The van der Waals surface area contributed by atoms with E-state index in [9.17, 15) is 8.42 Å². The molecule has 0 radical (unpaired) electrons. The first-order chi connectivity index (χ1) is 10.9. The zero-order valence-electron chi connectivity index (χ0n) is 13.4. The molecule has 0 aliphatic rings. The van der Waals surface area contributed by atoms with Gasteiger partial charge in [0.1, 0.15) is 5.82 Å². The molecule has 0 saturated carbocycles. The molecule has 2 rings (SSSR count). The molecule has 0 amide bonds. The van der Waals surface area contributed by atoms with Crippen molar-refractivity contribution in [1.82, 2.24) is 19.1 Å². The van der Waals surface area contributed by atoms with Gasteiger partial charge in [-0.3, -0.25) is 0 Å². The van der Waals surface area contributed by atoms with Gasteiger partial charge in [-0.1, -0.05) is 30.0 Å². The molecule has 23 heavy (non-hydrogen) atoms. The molecule has 0 atom stereocenters. The first kappa shape index (κ1) is 17.7. The van der Waals surface area contributed by atoms with E-state index in [0.717, 1.165) is 16.5 Å².